The van der Waals surface area contributed by atoms with Crippen LogP contribution in [0.1, 0.15) is 17.3 Å². The molecule has 0 aliphatic heterocycles. The van der Waals surface area contributed by atoms with Gasteiger partial charge >= 0.3 is 11.9 Å². The Labute approximate surface area is 122 Å². The fraction of sp³-hybridized carbons (Fsp3) is 0.286. The Hall–Kier alpha value is -2.70. The zero-order valence-electron chi connectivity index (χ0n) is 11.9. The standard InChI is InChI=1S/C14H17N3O4/c1-10(2)14(20)21-8-7-17(3)16-15-12-6-4-5-11(9-12)13(18)19/h4-6,9H,1,7-8H2,2-3H3,(H,18,19)/b16-15-. The molecule has 7 heteroatoms. The molecule has 0 fully saturated rings. The van der Waals surface area contributed by atoms with Crippen LogP contribution in [-0.2, 0) is 9.53 Å². The van der Waals surface area contributed by atoms with Crippen LogP contribution in [0.25, 0.3) is 0 Å². The number of benzene rings is 1. The van der Waals surface area contributed by atoms with E-state index in [2.05, 4.69) is 16.9 Å². The Balaban J connectivity index is 2.48. The molecule has 7 nitrogen and oxygen atoms in total. The lowest BCUT2D eigenvalue weighted by atomic mass is 10.2. The van der Waals surface area contributed by atoms with Crippen molar-refractivity contribution in [3.8, 4) is 0 Å². The van der Waals surface area contributed by atoms with Gasteiger partial charge in [-0.1, -0.05) is 17.9 Å². The second-order valence-electron chi connectivity index (χ2n) is 4.34. The van der Waals surface area contributed by atoms with Crippen LogP contribution in [0.5, 0.6) is 0 Å². The van der Waals surface area contributed by atoms with E-state index in [-0.39, 0.29) is 12.2 Å². The lowest BCUT2D eigenvalue weighted by Gasteiger charge is -2.11. The van der Waals surface area contributed by atoms with E-state index in [4.69, 9.17) is 9.84 Å². The Morgan fingerprint density at radius 1 is 1.43 bits per heavy atom. The van der Waals surface area contributed by atoms with E-state index in [1.807, 2.05) is 0 Å². The number of rotatable bonds is 7. The summed E-state index contributed by atoms with van der Waals surface area (Å²) in [6, 6.07) is 6.13. The largest absolute Gasteiger partial charge is 0.478 e. The van der Waals surface area contributed by atoms with Crippen molar-refractivity contribution in [1.82, 2.24) is 5.01 Å². The summed E-state index contributed by atoms with van der Waals surface area (Å²) in [6.45, 7) is 5.57. The minimum Gasteiger partial charge on any atom is -0.478 e. The molecule has 0 aliphatic rings. The third-order valence-electron chi connectivity index (χ3n) is 2.40. The van der Waals surface area contributed by atoms with Crippen LogP contribution in [0.3, 0.4) is 0 Å². The maximum absolute atomic E-state index is 11.2. The van der Waals surface area contributed by atoms with Crippen LogP contribution in [0, 0.1) is 0 Å². The smallest absolute Gasteiger partial charge is 0.335 e. The number of carbonyl (C=O) groups excluding carboxylic acids is 1. The number of likely N-dealkylation sites (N-methyl/N-ethyl adjacent to an activating group) is 1. The van der Waals surface area contributed by atoms with Gasteiger partial charge in [-0.05, 0) is 25.1 Å². The van der Waals surface area contributed by atoms with Crippen LogP contribution in [0.4, 0.5) is 5.69 Å². The number of carboxylic acid groups (broad SMARTS) is 1. The zero-order valence-corrected chi connectivity index (χ0v) is 11.9. The molecule has 1 rings (SSSR count). The molecular formula is C14H17N3O4. The van der Waals surface area contributed by atoms with Crippen molar-refractivity contribution >= 4 is 17.6 Å². The van der Waals surface area contributed by atoms with Crippen molar-refractivity contribution in [3.63, 3.8) is 0 Å². The van der Waals surface area contributed by atoms with Gasteiger partial charge in [-0.2, -0.15) is 0 Å². The third-order valence-corrected chi connectivity index (χ3v) is 2.40. The molecule has 1 N–H and O–H groups in total. The topological polar surface area (TPSA) is 91.6 Å². The fourth-order valence-electron chi connectivity index (χ4n) is 1.27. The number of hydrogen-bond acceptors (Lipinski definition) is 5. The van der Waals surface area contributed by atoms with Crippen LogP contribution in [-0.4, -0.2) is 42.3 Å². The van der Waals surface area contributed by atoms with E-state index in [1.165, 1.54) is 17.1 Å². The highest BCUT2D eigenvalue weighted by Gasteiger charge is 2.04. The fourth-order valence-corrected chi connectivity index (χ4v) is 1.27. The van der Waals surface area contributed by atoms with Gasteiger partial charge in [-0.25, -0.2) is 9.59 Å². The summed E-state index contributed by atoms with van der Waals surface area (Å²) in [5.41, 5.74) is 0.912. The van der Waals surface area contributed by atoms with Crippen molar-refractivity contribution in [1.29, 1.82) is 0 Å². The van der Waals surface area contributed by atoms with Gasteiger partial charge in [0, 0.05) is 12.6 Å². The first kappa shape index (κ1) is 16.4. The van der Waals surface area contributed by atoms with Crippen molar-refractivity contribution in [2.45, 2.75) is 6.92 Å². The van der Waals surface area contributed by atoms with Gasteiger partial charge in [-0.15, -0.1) is 5.11 Å². The van der Waals surface area contributed by atoms with E-state index in [1.54, 1.807) is 26.1 Å². The van der Waals surface area contributed by atoms with Crippen molar-refractivity contribution in [3.05, 3.63) is 42.0 Å². The molecule has 1 aromatic carbocycles. The van der Waals surface area contributed by atoms with E-state index >= 15 is 0 Å². The summed E-state index contributed by atoms with van der Waals surface area (Å²) in [5.74, 6) is -1.47. The molecule has 0 unspecified atom stereocenters. The lowest BCUT2D eigenvalue weighted by molar-refractivity contribution is -0.139. The molecular weight excluding hydrogens is 274 g/mol. The summed E-state index contributed by atoms with van der Waals surface area (Å²) in [7, 11) is 1.67. The molecule has 112 valence electrons. The zero-order chi connectivity index (χ0) is 15.8. The minimum atomic E-state index is -1.02. The first-order valence-corrected chi connectivity index (χ1v) is 6.19. The lowest BCUT2D eigenvalue weighted by Crippen LogP contribution is -2.19. The van der Waals surface area contributed by atoms with Crippen LogP contribution < -0.4 is 0 Å². The van der Waals surface area contributed by atoms with Gasteiger partial charge in [0.15, 0.2) is 0 Å². The molecule has 0 aliphatic carbocycles. The third kappa shape index (κ3) is 5.85. The Morgan fingerprint density at radius 3 is 2.76 bits per heavy atom. The van der Waals surface area contributed by atoms with Crippen LogP contribution in [0.2, 0.25) is 0 Å². The second-order valence-corrected chi connectivity index (χ2v) is 4.34. The average Bonchev–Trinajstić information content (AvgIpc) is 2.45. The minimum absolute atomic E-state index is 0.143. The average molecular weight is 291 g/mol. The Morgan fingerprint density at radius 2 is 2.14 bits per heavy atom. The monoisotopic (exact) mass is 291 g/mol. The number of hydrogen-bond donors (Lipinski definition) is 1. The SMILES string of the molecule is C=C(C)C(=O)OCCN(C)/N=N\c1cccc(C(=O)O)c1. The number of aromatic carboxylic acids is 1. The van der Waals surface area contributed by atoms with Gasteiger partial charge in [0.1, 0.15) is 6.61 Å². The van der Waals surface area contributed by atoms with E-state index in [0.717, 1.165) is 0 Å². The summed E-state index contributed by atoms with van der Waals surface area (Å²) in [4.78, 5) is 22.0. The highest BCUT2D eigenvalue weighted by atomic mass is 16.5. The summed E-state index contributed by atoms with van der Waals surface area (Å²) < 4.78 is 4.92. The normalized spacial score (nSPS) is 10.4. The molecule has 0 saturated heterocycles. The van der Waals surface area contributed by atoms with Gasteiger partial charge < -0.3 is 9.84 Å². The van der Waals surface area contributed by atoms with Crippen LogP contribution >= 0.6 is 0 Å². The van der Waals surface area contributed by atoms with E-state index < -0.39 is 11.9 Å². The predicted octanol–water partition coefficient (Wildman–Crippen LogP) is 2.43. The number of carbonyl (C=O) groups is 2. The molecule has 1 aromatic rings. The van der Waals surface area contributed by atoms with Crippen molar-refractivity contribution < 1.29 is 19.4 Å². The summed E-state index contributed by atoms with van der Waals surface area (Å²) in [6.07, 6.45) is 0. The summed E-state index contributed by atoms with van der Waals surface area (Å²) >= 11 is 0. The quantitative estimate of drug-likeness (QED) is 0.360. The number of ether oxygens (including phenoxy) is 1. The van der Waals surface area contributed by atoms with Gasteiger partial charge in [0.25, 0.3) is 0 Å². The first-order valence-electron chi connectivity index (χ1n) is 6.19. The molecule has 0 aromatic heterocycles. The van der Waals surface area contributed by atoms with E-state index in [0.29, 0.717) is 17.8 Å². The van der Waals surface area contributed by atoms with Crippen molar-refractivity contribution in [2.75, 3.05) is 20.2 Å². The molecule has 0 bridgehead atoms. The van der Waals surface area contributed by atoms with Crippen molar-refractivity contribution in [2.24, 2.45) is 10.3 Å². The molecule has 0 atom stereocenters. The van der Waals surface area contributed by atoms with Crippen LogP contribution in [0.15, 0.2) is 46.8 Å². The predicted molar refractivity (Wildman–Crippen MR) is 76.3 cm³/mol. The first-order chi connectivity index (χ1) is 9.90. The Bertz CT molecular complexity index is 569. The highest BCUT2D eigenvalue weighted by Crippen LogP contribution is 2.14. The van der Waals surface area contributed by atoms with Gasteiger partial charge in [0.2, 0.25) is 0 Å². The summed E-state index contributed by atoms with van der Waals surface area (Å²) in [5, 5.41) is 18.1. The second kappa shape index (κ2) is 7.78. The highest BCUT2D eigenvalue weighted by molar-refractivity contribution is 5.88. The maximum Gasteiger partial charge on any atom is 0.335 e. The Kier molecular flexibility index (Phi) is 6.06. The van der Waals surface area contributed by atoms with E-state index in [9.17, 15) is 9.59 Å². The molecule has 0 spiro atoms. The molecule has 0 radical (unpaired) electrons. The maximum atomic E-state index is 11.2. The number of esters is 1. The van der Waals surface area contributed by atoms with Gasteiger partial charge in [-0.3, -0.25) is 5.01 Å². The van der Waals surface area contributed by atoms with Gasteiger partial charge in [0.05, 0.1) is 17.8 Å². The molecule has 0 saturated carbocycles. The molecule has 0 amide bonds. The molecule has 21 heavy (non-hydrogen) atoms. The number of carboxylic acids is 1. The number of nitrogens with zero attached hydrogens (tertiary/aromatic N) is 3. The molecule has 0 heterocycles.